The Bertz CT molecular complexity index is 422. The van der Waals surface area contributed by atoms with Gasteiger partial charge < -0.3 is 0 Å². The lowest BCUT2D eigenvalue weighted by Gasteiger charge is -2.27. The Kier molecular flexibility index (Phi) is 6.71. The molecule has 0 spiro atoms. The highest BCUT2D eigenvalue weighted by Gasteiger charge is 2.21. The number of unbranched alkanes of at least 4 members (excludes halogenated alkanes) is 1. The molecule has 0 fully saturated rings. The van der Waals surface area contributed by atoms with E-state index in [4.69, 9.17) is 0 Å². The van der Waals surface area contributed by atoms with Crippen LogP contribution in [-0.2, 0) is 17.3 Å². The van der Waals surface area contributed by atoms with Crippen molar-refractivity contribution in [2.45, 2.75) is 98.3 Å². The predicted octanol–water partition coefficient (Wildman–Crippen LogP) is 7.04. The van der Waals surface area contributed by atoms with Crippen LogP contribution in [-0.4, -0.2) is 0 Å². The van der Waals surface area contributed by atoms with Gasteiger partial charge in [-0.1, -0.05) is 99.3 Å². The van der Waals surface area contributed by atoms with Gasteiger partial charge in [0.25, 0.3) is 0 Å². The van der Waals surface area contributed by atoms with Crippen LogP contribution in [0, 0.1) is 5.92 Å². The van der Waals surface area contributed by atoms with E-state index in [1.54, 1.807) is 5.56 Å². The topological polar surface area (TPSA) is 0 Å². The van der Waals surface area contributed by atoms with E-state index in [0.29, 0.717) is 0 Å². The fourth-order valence-corrected chi connectivity index (χ4v) is 2.95. The Balaban J connectivity index is 3.12. The van der Waals surface area contributed by atoms with Gasteiger partial charge in [0.1, 0.15) is 0 Å². The van der Waals surface area contributed by atoms with Crippen molar-refractivity contribution in [1.82, 2.24) is 0 Å². The minimum Gasteiger partial charge on any atom is -0.0654 e. The molecule has 0 radical (unpaired) electrons. The quantitative estimate of drug-likeness (QED) is 0.528. The summed E-state index contributed by atoms with van der Waals surface area (Å²) in [4.78, 5) is 0. The van der Waals surface area contributed by atoms with Gasteiger partial charge >= 0.3 is 0 Å². The van der Waals surface area contributed by atoms with Gasteiger partial charge in [0.15, 0.2) is 0 Å². The summed E-state index contributed by atoms with van der Waals surface area (Å²) in [5, 5.41) is 0. The molecule has 0 bridgehead atoms. The Hall–Kier alpha value is -0.780. The molecule has 0 amide bonds. The minimum absolute atomic E-state index is 0.223. The molecule has 126 valence electrons. The van der Waals surface area contributed by atoms with Crippen molar-refractivity contribution < 1.29 is 0 Å². The summed E-state index contributed by atoms with van der Waals surface area (Å²) in [5.74, 6) is 0.836. The Morgan fingerprint density at radius 1 is 0.818 bits per heavy atom. The normalized spacial score (nSPS) is 14.2. The Morgan fingerprint density at radius 3 is 1.68 bits per heavy atom. The van der Waals surface area contributed by atoms with Crippen LogP contribution in [0.2, 0.25) is 0 Å². The fourth-order valence-electron chi connectivity index (χ4n) is 2.95. The Morgan fingerprint density at radius 2 is 1.32 bits per heavy atom. The molecule has 0 aliphatic rings. The van der Waals surface area contributed by atoms with E-state index < -0.39 is 0 Å². The van der Waals surface area contributed by atoms with Crippen LogP contribution in [0.3, 0.4) is 0 Å². The summed E-state index contributed by atoms with van der Waals surface area (Å²) < 4.78 is 0. The fraction of sp³-hybridized carbons (Fsp3) is 0.727. The van der Waals surface area contributed by atoms with Crippen LogP contribution in [0.25, 0.3) is 0 Å². The van der Waals surface area contributed by atoms with Gasteiger partial charge in [0.2, 0.25) is 0 Å². The monoisotopic (exact) mass is 302 g/mol. The van der Waals surface area contributed by atoms with Gasteiger partial charge in [-0.2, -0.15) is 0 Å². The predicted molar refractivity (Wildman–Crippen MR) is 101 cm³/mol. The average Bonchev–Trinajstić information content (AvgIpc) is 2.41. The molecular weight excluding hydrogens is 264 g/mol. The first-order valence-electron chi connectivity index (χ1n) is 9.22. The molecule has 0 N–H and O–H groups in total. The smallest absolute Gasteiger partial charge is 0.0132 e. The zero-order chi connectivity index (χ0) is 17.0. The largest absolute Gasteiger partial charge is 0.0654 e. The second-order valence-electron chi connectivity index (χ2n) is 9.04. The van der Waals surface area contributed by atoms with Crippen LogP contribution in [0.15, 0.2) is 18.2 Å². The molecule has 1 aromatic carbocycles. The lowest BCUT2D eigenvalue weighted by atomic mass is 9.78. The van der Waals surface area contributed by atoms with Gasteiger partial charge in [-0.25, -0.2) is 0 Å². The molecule has 0 heteroatoms. The highest BCUT2D eigenvalue weighted by molar-refractivity contribution is 5.37. The van der Waals surface area contributed by atoms with E-state index in [9.17, 15) is 0 Å². The molecule has 22 heavy (non-hydrogen) atoms. The molecule has 0 aliphatic carbocycles. The van der Waals surface area contributed by atoms with Crippen LogP contribution >= 0.6 is 0 Å². The van der Waals surface area contributed by atoms with Crippen molar-refractivity contribution in [2.75, 3.05) is 0 Å². The lowest BCUT2D eigenvalue weighted by Crippen LogP contribution is -2.17. The van der Waals surface area contributed by atoms with E-state index in [0.717, 1.165) is 5.92 Å². The third kappa shape index (κ3) is 5.78. The summed E-state index contributed by atoms with van der Waals surface area (Å²) >= 11 is 0. The zero-order valence-electron chi connectivity index (χ0n) is 16.3. The first-order chi connectivity index (χ1) is 10.1. The first-order valence-corrected chi connectivity index (χ1v) is 9.22. The molecule has 0 heterocycles. The van der Waals surface area contributed by atoms with Gasteiger partial charge in [-0.05, 0) is 39.9 Å². The number of hydrogen-bond donors (Lipinski definition) is 0. The summed E-state index contributed by atoms with van der Waals surface area (Å²) in [6.07, 6.45) is 6.58. The summed E-state index contributed by atoms with van der Waals surface area (Å²) in [6, 6.07) is 7.35. The van der Waals surface area contributed by atoms with Crippen molar-refractivity contribution in [3.05, 3.63) is 34.9 Å². The number of hydrogen-bond acceptors (Lipinski definition) is 0. The highest BCUT2D eigenvalue weighted by atomic mass is 14.3. The highest BCUT2D eigenvalue weighted by Crippen LogP contribution is 2.31. The van der Waals surface area contributed by atoms with Crippen LogP contribution < -0.4 is 0 Å². The van der Waals surface area contributed by atoms with E-state index in [2.05, 4.69) is 73.6 Å². The van der Waals surface area contributed by atoms with Crippen LogP contribution in [0.1, 0.15) is 97.8 Å². The summed E-state index contributed by atoms with van der Waals surface area (Å²) in [7, 11) is 0. The van der Waals surface area contributed by atoms with E-state index in [1.165, 1.54) is 43.2 Å². The molecule has 1 rings (SSSR count). The SMILES string of the molecule is CCCCC(CC)Cc1cc(C(C)(C)C)cc(C(C)(C)C)c1. The van der Waals surface area contributed by atoms with Gasteiger partial charge in [-0.3, -0.25) is 0 Å². The zero-order valence-corrected chi connectivity index (χ0v) is 16.3. The van der Waals surface area contributed by atoms with Gasteiger partial charge in [0.05, 0.1) is 0 Å². The molecule has 0 nitrogen and oxygen atoms in total. The van der Waals surface area contributed by atoms with Crippen molar-refractivity contribution in [1.29, 1.82) is 0 Å². The van der Waals surface area contributed by atoms with Crippen molar-refractivity contribution in [3.8, 4) is 0 Å². The maximum absolute atomic E-state index is 2.46. The van der Waals surface area contributed by atoms with Gasteiger partial charge in [-0.15, -0.1) is 0 Å². The minimum atomic E-state index is 0.223. The number of rotatable bonds is 6. The molecule has 1 aromatic rings. The summed E-state index contributed by atoms with van der Waals surface area (Å²) in [5.41, 5.74) is 4.96. The van der Waals surface area contributed by atoms with Crippen LogP contribution in [0.5, 0.6) is 0 Å². The molecule has 1 unspecified atom stereocenters. The molecule has 0 saturated heterocycles. The van der Waals surface area contributed by atoms with Crippen molar-refractivity contribution >= 4 is 0 Å². The molecule has 1 atom stereocenters. The molecule has 0 aromatic heterocycles. The summed E-state index contributed by atoms with van der Waals surface area (Å²) in [6.45, 7) is 18.6. The molecular formula is C22H38. The van der Waals surface area contributed by atoms with E-state index in [1.807, 2.05) is 0 Å². The van der Waals surface area contributed by atoms with Crippen molar-refractivity contribution in [2.24, 2.45) is 5.92 Å². The maximum atomic E-state index is 2.46. The molecule has 0 saturated carbocycles. The standard InChI is InChI=1S/C22H38/c1-9-11-12-17(10-2)13-18-14-19(21(3,4)5)16-20(15-18)22(6,7)8/h14-17H,9-13H2,1-8H3. The van der Waals surface area contributed by atoms with Crippen molar-refractivity contribution in [3.63, 3.8) is 0 Å². The third-order valence-corrected chi connectivity index (χ3v) is 4.79. The van der Waals surface area contributed by atoms with Crippen LogP contribution in [0.4, 0.5) is 0 Å². The van der Waals surface area contributed by atoms with Gasteiger partial charge in [0, 0.05) is 0 Å². The third-order valence-electron chi connectivity index (χ3n) is 4.79. The lowest BCUT2D eigenvalue weighted by molar-refractivity contribution is 0.448. The Labute approximate surface area is 139 Å². The first kappa shape index (κ1) is 19.3. The van der Waals surface area contributed by atoms with E-state index in [-0.39, 0.29) is 10.8 Å². The number of benzene rings is 1. The average molecular weight is 303 g/mol. The maximum Gasteiger partial charge on any atom is -0.0132 e. The molecule has 0 aliphatic heterocycles. The van der Waals surface area contributed by atoms with E-state index >= 15 is 0 Å². The second-order valence-corrected chi connectivity index (χ2v) is 9.04. The second kappa shape index (κ2) is 7.66.